The average molecular weight is 259 g/mol. The maximum atomic E-state index is 11.5. The minimum Gasteiger partial charge on any atom is -0.421 e. The van der Waals surface area contributed by atoms with Gasteiger partial charge in [-0.3, -0.25) is 4.79 Å². The van der Waals surface area contributed by atoms with Crippen molar-refractivity contribution in [3.63, 3.8) is 0 Å². The number of hydrogen-bond acceptors (Lipinski definition) is 4. The van der Waals surface area contributed by atoms with Crippen LogP contribution in [-0.2, 0) is 11.2 Å². The smallest absolute Gasteiger partial charge is 0.247 e. The molecule has 0 saturated carbocycles. The molecule has 2 rings (SSSR count). The molecule has 2 aromatic rings. The van der Waals surface area contributed by atoms with Crippen molar-refractivity contribution in [2.24, 2.45) is 0 Å². The summed E-state index contributed by atoms with van der Waals surface area (Å²) in [5.41, 5.74) is 2.07. The van der Waals surface area contributed by atoms with Gasteiger partial charge in [0.1, 0.15) is 0 Å². The normalized spacial score (nSPS) is 10.5. The van der Waals surface area contributed by atoms with E-state index >= 15 is 0 Å². The summed E-state index contributed by atoms with van der Waals surface area (Å²) < 4.78 is 5.55. The molecule has 0 aliphatic heterocycles. The number of benzene rings is 1. The van der Waals surface area contributed by atoms with E-state index in [0.717, 1.165) is 5.56 Å². The van der Waals surface area contributed by atoms with Gasteiger partial charge < -0.3 is 9.32 Å². The second-order valence-corrected chi connectivity index (χ2v) is 4.66. The van der Waals surface area contributed by atoms with Gasteiger partial charge in [-0.1, -0.05) is 17.7 Å². The standard InChI is InChI=1S/C14H17N3O2/c1-10-4-6-11(7-5-10)14-16-15-12(19-14)8-9-13(18)17(2)3/h4-7H,8-9H2,1-3H3. The quantitative estimate of drug-likeness (QED) is 0.843. The Morgan fingerprint density at radius 2 is 1.89 bits per heavy atom. The van der Waals surface area contributed by atoms with Gasteiger partial charge in [0.25, 0.3) is 0 Å². The van der Waals surface area contributed by atoms with Crippen LogP contribution in [0.2, 0.25) is 0 Å². The first-order chi connectivity index (χ1) is 9.06. The molecule has 0 aliphatic carbocycles. The van der Waals surface area contributed by atoms with Crippen LogP contribution in [0.5, 0.6) is 0 Å². The first kappa shape index (κ1) is 13.3. The first-order valence-corrected chi connectivity index (χ1v) is 6.16. The van der Waals surface area contributed by atoms with Gasteiger partial charge in [0, 0.05) is 32.5 Å². The van der Waals surface area contributed by atoms with Crippen LogP contribution in [0, 0.1) is 6.92 Å². The molecular formula is C14H17N3O2. The van der Waals surface area contributed by atoms with Crippen LogP contribution in [0.3, 0.4) is 0 Å². The fraction of sp³-hybridized carbons (Fsp3) is 0.357. The lowest BCUT2D eigenvalue weighted by Gasteiger charge is -2.07. The van der Waals surface area contributed by atoms with Crippen LogP contribution >= 0.6 is 0 Å². The predicted molar refractivity (Wildman–Crippen MR) is 71.5 cm³/mol. The molecule has 0 spiro atoms. The highest BCUT2D eigenvalue weighted by Crippen LogP contribution is 2.18. The van der Waals surface area contributed by atoms with E-state index in [2.05, 4.69) is 10.2 Å². The summed E-state index contributed by atoms with van der Waals surface area (Å²) in [4.78, 5) is 13.0. The van der Waals surface area contributed by atoms with E-state index in [0.29, 0.717) is 24.6 Å². The Bertz CT molecular complexity index is 558. The molecule has 100 valence electrons. The van der Waals surface area contributed by atoms with Crippen molar-refractivity contribution in [3.05, 3.63) is 35.7 Å². The highest BCUT2D eigenvalue weighted by Gasteiger charge is 2.11. The van der Waals surface area contributed by atoms with Crippen molar-refractivity contribution in [2.75, 3.05) is 14.1 Å². The zero-order valence-corrected chi connectivity index (χ0v) is 11.4. The average Bonchev–Trinajstić information content (AvgIpc) is 2.85. The second-order valence-electron chi connectivity index (χ2n) is 4.66. The molecule has 5 nitrogen and oxygen atoms in total. The molecule has 19 heavy (non-hydrogen) atoms. The number of aryl methyl sites for hydroxylation is 2. The lowest BCUT2D eigenvalue weighted by atomic mass is 10.1. The van der Waals surface area contributed by atoms with Crippen LogP contribution in [0.15, 0.2) is 28.7 Å². The number of hydrogen-bond donors (Lipinski definition) is 0. The van der Waals surface area contributed by atoms with Crippen molar-refractivity contribution in [1.29, 1.82) is 0 Å². The van der Waals surface area contributed by atoms with Gasteiger partial charge >= 0.3 is 0 Å². The number of carbonyl (C=O) groups is 1. The van der Waals surface area contributed by atoms with Gasteiger partial charge in [0.05, 0.1) is 0 Å². The van der Waals surface area contributed by atoms with E-state index in [1.54, 1.807) is 19.0 Å². The molecule has 0 fully saturated rings. The van der Waals surface area contributed by atoms with Gasteiger partial charge in [0.2, 0.25) is 17.7 Å². The summed E-state index contributed by atoms with van der Waals surface area (Å²) in [5.74, 6) is 1.04. The lowest BCUT2D eigenvalue weighted by Crippen LogP contribution is -2.21. The molecule has 1 aromatic carbocycles. The monoisotopic (exact) mass is 259 g/mol. The molecular weight excluding hydrogens is 242 g/mol. The van der Waals surface area contributed by atoms with Crippen LogP contribution in [0.1, 0.15) is 17.9 Å². The Balaban J connectivity index is 2.03. The molecule has 1 aromatic heterocycles. The molecule has 1 amide bonds. The summed E-state index contributed by atoms with van der Waals surface area (Å²) in [6.45, 7) is 2.02. The summed E-state index contributed by atoms with van der Waals surface area (Å²) >= 11 is 0. The zero-order valence-electron chi connectivity index (χ0n) is 11.4. The summed E-state index contributed by atoms with van der Waals surface area (Å²) in [6, 6.07) is 7.87. The first-order valence-electron chi connectivity index (χ1n) is 6.16. The van der Waals surface area contributed by atoms with Crippen LogP contribution < -0.4 is 0 Å². The van der Waals surface area contributed by atoms with E-state index < -0.39 is 0 Å². The minimum atomic E-state index is 0.0510. The van der Waals surface area contributed by atoms with Gasteiger partial charge in [-0.15, -0.1) is 10.2 Å². The molecule has 0 atom stereocenters. The Hall–Kier alpha value is -2.17. The fourth-order valence-corrected chi connectivity index (χ4v) is 1.60. The van der Waals surface area contributed by atoms with Crippen LogP contribution in [-0.4, -0.2) is 35.1 Å². The number of aromatic nitrogens is 2. The van der Waals surface area contributed by atoms with Crippen LogP contribution in [0.4, 0.5) is 0 Å². The third-order valence-electron chi connectivity index (χ3n) is 2.82. The molecule has 0 bridgehead atoms. The third-order valence-corrected chi connectivity index (χ3v) is 2.82. The van der Waals surface area contributed by atoms with Crippen molar-refractivity contribution in [3.8, 4) is 11.5 Å². The summed E-state index contributed by atoms with van der Waals surface area (Å²) in [5, 5.41) is 7.96. The number of rotatable bonds is 4. The van der Waals surface area contributed by atoms with E-state index in [4.69, 9.17) is 4.42 Å². The largest absolute Gasteiger partial charge is 0.421 e. The zero-order chi connectivity index (χ0) is 13.8. The van der Waals surface area contributed by atoms with Crippen molar-refractivity contribution in [1.82, 2.24) is 15.1 Å². The van der Waals surface area contributed by atoms with Gasteiger partial charge in [-0.2, -0.15) is 0 Å². The van der Waals surface area contributed by atoms with Gasteiger partial charge in [0.15, 0.2) is 0 Å². The van der Waals surface area contributed by atoms with E-state index in [9.17, 15) is 4.79 Å². The molecule has 0 saturated heterocycles. The molecule has 5 heteroatoms. The Kier molecular flexibility index (Phi) is 3.94. The van der Waals surface area contributed by atoms with Gasteiger partial charge in [-0.25, -0.2) is 0 Å². The van der Waals surface area contributed by atoms with E-state index in [1.165, 1.54) is 5.56 Å². The maximum absolute atomic E-state index is 11.5. The summed E-state index contributed by atoms with van der Waals surface area (Å²) in [7, 11) is 3.46. The predicted octanol–water partition coefficient (Wildman–Crippen LogP) is 2.07. The van der Waals surface area contributed by atoms with Crippen molar-refractivity contribution >= 4 is 5.91 Å². The Morgan fingerprint density at radius 3 is 2.53 bits per heavy atom. The fourth-order valence-electron chi connectivity index (χ4n) is 1.60. The molecule has 0 N–H and O–H groups in total. The number of carbonyl (C=O) groups excluding carboxylic acids is 1. The number of nitrogens with zero attached hydrogens (tertiary/aromatic N) is 3. The summed E-state index contributed by atoms with van der Waals surface area (Å²) in [6.07, 6.45) is 0.846. The molecule has 1 heterocycles. The Labute approximate surface area is 112 Å². The Morgan fingerprint density at radius 1 is 1.21 bits per heavy atom. The van der Waals surface area contributed by atoms with Gasteiger partial charge in [-0.05, 0) is 19.1 Å². The lowest BCUT2D eigenvalue weighted by molar-refractivity contribution is -0.128. The van der Waals surface area contributed by atoms with E-state index in [-0.39, 0.29) is 5.91 Å². The number of amides is 1. The molecule has 0 aliphatic rings. The van der Waals surface area contributed by atoms with Crippen LogP contribution in [0.25, 0.3) is 11.5 Å². The third kappa shape index (κ3) is 3.40. The molecule has 0 radical (unpaired) electrons. The SMILES string of the molecule is Cc1ccc(-c2nnc(CCC(=O)N(C)C)o2)cc1. The highest BCUT2D eigenvalue weighted by molar-refractivity contribution is 5.75. The molecule has 0 unspecified atom stereocenters. The van der Waals surface area contributed by atoms with Crippen molar-refractivity contribution < 1.29 is 9.21 Å². The van der Waals surface area contributed by atoms with Crippen molar-refractivity contribution in [2.45, 2.75) is 19.8 Å². The second kappa shape index (κ2) is 5.65. The van der Waals surface area contributed by atoms with E-state index in [1.807, 2.05) is 31.2 Å². The topological polar surface area (TPSA) is 59.2 Å². The minimum absolute atomic E-state index is 0.0510. The maximum Gasteiger partial charge on any atom is 0.247 e. The highest BCUT2D eigenvalue weighted by atomic mass is 16.4.